The average molecular weight is 281 g/mol. The standard InChI is InChI=1S/C15H21ClN2O/c16-14-5-10(6-17)1-2-12(14)8-18-7-11-3-4-15(19)13(11)9-18/h1-2,5,11,13,15,19H,3-4,6-9,17H2. The number of aliphatic hydroxyl groups excluding tert-OH is 1. The second kappa shape index (κ2) is 5.41. The normalized spacial score (nSPS) is 30.8. The van der Waals surface area contributed by atoms with Gasteiger partial charge in [-0.05, 0) is 36.0 Å². The van der Waals surface area contributed by atoms with Gasteiger partial charge in [0.2, 0.25) is 0 Å². The average Bonchev–Trinajstić information content (AvgIpc) is 2.94. The number of rotatable bonds is 3. The maximum Gasteiger partial charge on any atom is 0.0583 e. The number of aliphatic hydroxyl groups is 1. The Kier molecular flexibility index (Phi) is 3.81. The molecule has 0 radical (unpaired) electrons. The number of hydrogen-bond acceptors (Lipinski definition) is 3. The van der Waals surface area contributed by atoms with Gasteiger partial charge in [0.05, 0.1) is 6.10 Å². The fourth-order valence-electron chi connectivity index (χ4n) is 3.54. The highest BCUT2D eigenvalue weighted by molar-refractivity contribution is 6.31. The maximum atomic E-state index is 9.94. The van der Waals surface area contributed by atoms with Gasteiger partial charge >= 0.3 is 0 Å². The fraction of sp³-hybridized carbons (Fsp3) is 0.600. The van der Waals surface area contributed by atoms with Gasteiger partial charge < -0.3 is 10.8 Å². The van der Waals surface area contributed by atoms with Crippen LogP contribution in [0, 0.1) is 11.8 Å². The molecule has 3 unspecified atom stereocenters. The van der Waals surface area contributed by atoms with E-state index in [4.69, 9.17) is 17.3 Å². The Balaban J connectivity index is 1.66. The van der Waals surface area contributed by atoms with Crippen LogP contribution in [0.3, 0.4) is 0 Å². The van der Waals surface area contributed by atoms with E-state index in [2.05, 4.69) is 11.0 Å². The van der Waals surface area contributed by atoms with Gasteiger partial charge in [-0.1, -0.05) is 23.7 Å². The third kappa shape index (κ3) is 2.65. The smallest absolute Gasteiger partial charge is 0.0583 e. The number of benzene rings is 1. The Morgan fingerprint density at radius 1 is 1.32 bits per heavy atom. The van der Waals surface area contributed by atoms with E-state index in [0.29, 0.717) is 18.4 Å². The van der Waals surface area contributed by atoms with Crippen LogP contribution in [0.1, 0.15) is 24.0 Å². The first-order chi connectivity index (χ1) is 9.17. The van der Waals surface area contributed by atoms with Crippen molar-refractivity contribution in [3.63, 3.8) is 0 Å². The molecule has 0 bridgehead atoms. The van der Waals surface area contributed by atoms with Crippen LogP contribution in [0.5, 0.6) is 0 Å². The Morgan fingerprint density at radius 3 is 2.84 bits per heavy atom. The highest BCUT2D eigenvalue weighted by Crippen LogP contribution is 2.38. The fourth-order valence-corrected chi connectivity index (χ4v) is 3.81. The van der Waals surface area contributed by atoms with Crippen molar-refractivity contribution >= 4 is 11.6 Å². The van der Waals surface area contributed by atoms with E-state index in [1.807, 2.05) is 12.1 Å². The molecule has 0 amide bonds. The lowest BCUT2D eigenvalue weighted by Crippen LogP contribution is -2.24. The second-order valence-corrected chi connectivity index (χ2v) is 6.30. The molecule has 2 fully saturated rings. The van der Waals surface area contributed by atoms with Gasteiger partial charge in [0.15, 0.2) is 0 Å². The molecule has 19 heavy (non-hydrogen) atoms. The van der Waals surface area contributed by atoms with Crippen molar-refractivity contribution in [2.24, 2.45) is 17.6 Å². The van der Waals surface area contributed by atoms with Crippen LogP contribution in [0.25, 0.3) is 0 Å². The summed E-state index contributed by atoms with van der Waals surface area (Å²) in [7, 11) is 0. The summed E-state index contributed by atoms with van der Waals surface area (Å²) in [6, 6.07) is 6.09. The minimum Gasteiger partial charge on any atom is -0.393 e. The molecule has 1 aliphatic heterocycles. The zero-order valence-corrected chi connectivity index (χ0v) is 11.8. The molecule has 3 N–H and O–H groups in total. The van der Waals surface area contributed by atoms with E-state index in [1.54, 1.807) is 0 Å². The summed E-state index contributed by atoms with van der Waals surface area (Å²) in [5.41, 5.74) is 7.85. The van der Waals surface area contributed by atoms with E-state index >= 15 is 0 Å². The Bertz CT molecular complexity index is 465. The van der Waals surface area contributed by atoms with Crippen LogP contribution in [-0.4, -0.2) is 29.2 Å². The van der Waals surface area contributed by atoms with Crippen LogP contribution < -0.4 is 5.73 Å². The third-order valence-electron chi connectivity index (χ3n) is 4.64. The number of likely N-dealkylation sites (tertiary alicyclic amines) is 1. The van der Waals surface area contributed by atoms with Crippen molar-refractivity contribution in [3.8, 4) is 0 Å². The lowest BCUT2D eigenvalue weighted by molar-refractivity contribution is 0.123. The highest BCUT2D eigenvalue weighted by Gasteiger charge is 2.41. The summed E-state index contributed by atoms with van der Waals surface area (Å²) >= 11 is 6.30. The molecule has 1 aromatic carbocycles. The molecule has 1 aliphatic carbocycles. The van der Waals surface area contributed by atoms with Gasteiger partial charge in [0.1, 0.15) is 0 Å². The van der Waals surface area contributed by atoms with Crippen molar-refractivity contribution in [1.82, 2.24) is 4.90 Å². The summed E-state index contributed by atoms with van der Waals surface area (Å²) in [6.45, 7) is 3.50. The van der Waals surface area contributed by atoms with Gasteiger partial charge in [-0.2, -0.15) is 0 Å². The molecule has 0 spiro atoms. The summed E-state index contributed by atoms with van der Waals surface area (Å²) < 4.78 is 0. The van der Waals surface area contributed by atoms with Gasteiger partial charge in [0.25, 0.3) is 0 Å². The van der Waals surface area contributed by atoms with Crippen molar-refractivity contribution < 1.29 is 5.11 Å². The molecule has 1 aromatic rings. The van der Waals surface area contributed by atoms with E-state index in [1.165, 1.54) is 6.42 Å². The maximum absolute atomic E-state index is 9.94. The zero-order chi connectivity index (χ0) is 13.4. The predicted molar refractivity (Wildman–Crippen MR) is 76.8 cm³/mol. The predicted octanol–water partition coefficient (Wildman–Crippen LogP) is 2.00. The van der Waals surface area contributed by atoms with Crippen molar-refractivity contribution in [2.75, 3.05) is 13.1 Å². The molecule has 4 heteroatoms. The minimum atomic E-state index is -0.0925. The lowest BCUT2D eigenvalue weighted by Gasteiger charge is -2.19. The Morgan fingerprint density at radius 2 is 2.16 bits per heavy atom. The quantitative estimate of drug-likeness (QED) is 0.890. The van der Waals surface area contributed by atoms with Crippen molar-refractivity contribution in [2.45, 2.75) is 32.0 Å². The topological polar surface area (TPSA) is 49.5 Å². The van der Waals surface area contributed by atoms with E-state index in [-0.39, 0.29) is 6.10 Å². The first-order valence-corrected chi connectivity index (χ1v) is 7.43. The molecule has 3 rings (SSSR count). The van der Waals surface area contributed by atoms with E-state index < -0.39 is 0 Å². The summed E-state index contributed by atoms with van der Waals surface area (Å²) in [4.78, 5) is 2.42. The number of nitrogens with two attached hydrogens (primary N) is 1. The SMILES string of the molecule is NCc1ccc(CN2CC3CCC(O)C3C2)c(Cl)c1. The van der Waals surface area contributed by atoms with Gasteiger partial charge in [-0.3, -0.25) is 4.90 Å². The summed E-state index contributed by atoms with van der Waals surface area (Å²) in [5.74, 6) is 1.15. The zero-order valence-electron chi connectivity index (χ0n) is 11.1. The number of halogens is 1. The Hall–Kier alpha value is -0.610. The first-order valence-electron chi connectivity index (χ1n) is 7.05. The molecule has 3 atom stereocenters. The highest BCUT2D eigenvalue weighted by atomic mass is 35.5. The minimum absolute atomic E-state index is 0.0925. The molecule has 3 nitrogen and oxygen atoms in total. The van der Waals surface area contributed by atoms with E-state index in [0.717, 1.165) is 42.2 Å². The van der Waals surface area contributed by atoms with Crippen molar-refractivity contribution in [3.05, 3.63) is 34.3 Å². The number of hydrogen-bond donors (Lipinski definition) is 2. The molecule has 1 saturated heterocycles. The molecular formula is C15H21ClN2O. The molecule has 1 saturated carbocycles. The van der Waals surface area contributed by atoms with E-state index in [9.17, 15) is 5.11 Å². The molecule has 2 aliphatic rings. The van der Waals surface area contributed by atoms with Gasteiger partial charge in [-0.25, -0.2) is 0 Å². The number of fused-ring (bicyclic) bond motifs is 1. The van der Waals surface area contributed by atoms with Crippen LogP contribution in [0.4, 0.5) is 0 Å². The molecular weight excluding hydrogens is 260 g/mol. The van der Waals surface area contributed by atoms with Gasteiger partial charge in [0, 0.05) is 37.1 Å². The largest absolute Gasteiger partial charge is 0.393 e. The first kappa shape index (κ1) is 13.4. The van der Waals surface area contributed by atoms with Gasteiger partial charge in [-0.15, -0.1) is 0 Å². The molecule has 0 aromatic heterocycles. The lowest BCUT2D eigenvalue weighted by atomic mass is 10.00. The summed E-state index contributed by atoms with van der Waals surface area (Å²) in [6.07, 6.45) is 2.06. The van der Waals surface area contributed by atoms with Crippen LogP contribution in [0.2, 0.25) is 5.02 Å². The Labute approximate surface area is 119 Å². The molecule has 1 heterocycles. The molecule has 104 valence electrons. The monoisotopic (exact) mass is 280 g/mol. The summed E-state index contributed by atoms with van der Waals surface area (Å²) in [5, 5.41) is 10.7. The number of nitrogens with zero attached hydrogens (tertiary/aromatic N) is 1. The third-order valence-corrected chi connectivity index (χ3v) is 4.99. The second-order valence-electron chi connectivity index (χ2n) is 5.89. The van der Waals surface area contributed by atoms with Crippen LogP contribution in [-0.2, 0) is 13.1 Å². The van der Waals surface area contributed by atoms with Crippen LogP contribution >= 0.6 is 11.6 Å². The van der Waals surface area contributed by atoms with Crippen molar-refractivity contribution in [1.29, 1.82) is 0 Å². The van der Waals surface area contributed by atoms with Crippen LogP contribution in [0.15, 0.2) is 18.2 Å².